The fourth-order valence-corrected chi connectivity index (χ4v) is 2.88. The van der Waals surface area contributed by atoms with Gasteiger partial charge in [-0.05, 0) is 0 Å². The highest BCUT2D eigenvalue weighted by molar-refractivity contribution is 5.59. The van der Waals surface area contributed by atoms with Gasteiger partial charge in [-0.25, -0.2) is 17.6 Å². The summed E-state index contributed by atoms with van der Waals surface area (Å²) in [5, 5.41) is 17.3. The first kappa shape index (κ1) is 32.8. The summed E-state index contributed by atoms with van der Waals surface area (Å²) in [5.74, 6) is -25.3. The van der Waals surface area contributed by atoms with Gasteiger partial charge in [-0.15, -0.1) is 0 Å². The molecule has 0 amide bonds. The molecule has 0 radical (unpaired) electrons. The monoisotopic (exact) mass is 600 g/mol. The maximum atomic E-state index is 14.8. The molecule has 0 fully saturated rings. The summed E-state index contributed by atoms with van der Waals surface area (Å²) in [7, 11) is 0. The molecule has 0 N–H and O–H groups in total. The van der Waals surface area contributed by atoms with Crippen molar-refractivity contribution >= 4 is 0 Å². The standard InChI is InChI=1S/C16F20N2/c17-7-4(2-38)3(1-37)5(9(19,13(25,26)27)11(21,22)15(31,32)33)8(18)6(7)10(20,14(28,29)30)12(23,24)16(34,35)36. The Kier molecular flexibility index (Phi) is 7.48. The van der Waals surface area contributed by atoms with Crippen molar-refractivity contribution in [2.45, 2.75) is 47.9 Å². The molecule has 0 saturated heterocycles. The third-order valence-corrected chi connectivity index (χ3v) is 4.65. The Hall–Kier alpha value is -3.20. The topological polar surface area (TPSA) is 47.6 Å². The van der Waals surface area contributed by atoms with Crippen LogP contribution in [-0.2, 0) is 11.3 Å². The second kappa shape index (κ2) is 8.66. The van der Waals surface area contributed by atoms with Gasteiger partial charge in [-0.1, -0.05) is 0 Å². The zero-order chi connectivity index (χ0) is 30.9. The summed E-state index contributed by atoms with van der Waals surface area (Å²) in [4.78, 5) is 0. The van der Waals surface area contributed by atoms with Gasteiger partial charge in [0.1, 0.15) is 23.5 Å². The Morgan fingerprint density at radius 3 is 0.921 bits per heavy atom. The van der Waals surface area contributed by atoms with Crippen LogP contribution < -0.4 is 0 Å². The lowest BCUT2D eigenvalue weighted by molar-refractivity contribution is -0.392. The highest BCUT2D eigenvalue weighted by Crippen LogP contribution is 2.63. The van der Waals surface area contributed by atoms with Crippen LogP contribution in [0.2, 0.25) is 0 Å². The summed E-state index contributed by atoms with van der Waals surface area (Å²) in [6, 6.07) is -0.306. The van der Waals surface area contributed by atoms with Crippen molar-refractivity contribution in [3.05, 3.63) is 33.9 Å². The Morgan fingerprint density at radius 1 is 0.395 bits per heavy atom. The van der Waals surface area contributed by atoms with Crippen LogP contribution in [0.15, 0.2) is 0 Å². The van der Waals surface area contributed by atoms with Crippen LogP contribution in [0.5, 0.6) is 0 Å². The highest BCUT2D eigenvalue weighted by atomic mass is 19.4. The molecule has 0 aromatic heterocycles. The Labute approximate surface area is 193 Å². The molecule has 22 heteroatoms. The van der Waals surface area contributed by atoms with Crippen molar-refractivity contribution in [3.8, 4) is 12.1 Å². The molecule has 1 aromatic carbocycles. The molecule has 0 saturated carbocycles. The SMILES string of the molecule is N#Cc1c(F)c(C(F)(C(F)(F)F)C(F)(F)C(F)(F)F)c(F)c(C(F)(C(F)(F)F)C(F)(F)C(F)(F)F)c1C#N. The number of alkyl halides is 18. The molecule has 1 rings (SSSR count). The van der Waals surface area contributed by atoms with E-state index in [4.69, 9.17) is 10.5 Å². The molecule has 0 aliphatic heterocycles. The fraction of sp³-hybridized carbons (Fsp3) is 0.500. The molecule has 2 atom stereocenters. The van der Waals surface area contributed by atoms with Gasteiger partial charge in [-0.3, -0.25) is 0 Å². The largest absolute Gasteiger partial charge is 0.457 e. The Balaban J connectivity index is 4.85. The lowest BCUT2D eigenvalue weighted by Gasteiger charge is -2.39. The molecule has 0 spiro atoms. The van der Waals surface area contributed by atoms with Crippen LogP contribution in [0, 0.1) is 34.3 Å². The number of hydrogen-bond acceptors (Lipinski definition) is 2. The van der Waals surface area contributed by atoms with Gasteiger partial charge in [0.2, 0.25) is 0 Å². The van der Waals surface area contributed by atoms with E-state index in [9.17, 15) is 87.8 Å². The number of hydrogen-bond donors (Lipinski definition) is 0. The summed E-state index contributed by atoms with van der Waals surface area (Å²) >= 11 is 0. The third kappa shape index (κ3) is 4.02. The molecular formula is C16F20N2. The van der Waals surface area contributed by atoms with Crippen molar-refractivity contribution in [2.75, 3.05) is 0 Å². The number of halogens is 20. The van der Waals surface area contributed by atoms with Gasteiger partial charge < -0.3 is 0 Å². The van der Waals surface area contributed by atoms with Crippen LogP contribution in [0.1, 0.15) is 22.3 Å². The first-order chi connectivity index (χ1) is 16.5. The van der Waals surface area contributed by atoms with E-state index < -0.39 is 81.8 Å². The van der Waals surface area contributed by atoms with E-state index in [2.05, 4.69) is 0 Å². The Morgan fingerprint density at radius 2 is 0.684 bits per heavy atom. The van der Waals surface area contributed by atoms with Gasteiger partial charge in [0.15, 0.2) is 5.82 Å². The van der Waals surface area contributed by atoms with E-state index in [1.54, 1.807) is 0 Å². The van der Waals surface area contributed by atoms with Gasteiger partial charge >= 0.3 is 47.9 Å². The van der Waals surface area contributed by atoms with Crippen molar-refractivity contribution < 1.29 is 87.8 Å². The van der Waals surface area contributed by atoms with Gasteiger partial charge in [0.25, 0.3) is 0 Å². The normalized spacial score (nSPS) is 17.3. The number of benzene rings is 1. The molecule has 0 aliphatic carbocycles. The second-order valence-corrected chi connectivity index (χ2v) is 6.81. The third-order valence-electron chi connectivity index (χ3n) is 4.65. The summed E-state index contributed by atoms with van der Waals surface area (Å²) in [6.45, 7) is 0. The second-order valence-electron chi connectivity index (χ2n) is 6.81. The minimum absolute atomic E-state index is 0.134. The first-order valence-electron chi connectivity index (χ1n) is 8.23. The summed E-state index contributed by atoms with van der Waals surface area (Å²) in [6.07, 6.45) is -31.8. The maximum absolute atomic E-state index is 14.8. The molecule has 0 heterocycles. The minimum Gasteiger partial charge on any atom is -0.221 e. The molecule has 38 heavy (non-hydrogen) atoms. The summed E-state index contributed by atoms with van der Waals surface area (Å²) < 4.78 is 269. The predicted molar refractivity (Wildman–Crippen MR) is 75.5 cm³/mol. The molecule has 2 nitrogen and oxygen atoms in total. The van der Waals surface area contributed by atoms with E-state index in [0.717, 1.165) is 0 Å². The van der Waals surface area contributed by atoms with Crippen LogP contribution in [0.3, 0.4) is 0 Å². The Bertz CT molecular complexity index is 1190. The van der Waals surface area contributed by atoms with Crippen LogP contribution in [0.25, 0.3) is 0 Å². The molecule has 0 bridgehead atoms. The number of nitrogens with zero attached hydrogens (tertiary/aromatic N) is 2. The van der Waals surface area contributed by atoms with Gasteiger partial charge in [0.05, 0.1) is 16.7 Å². The average Bonchev–Trinajstić information content (AvgIpc) is 2.68. The molecular weight excluding hydrogens is 600 g/mol. The number of nitriles is 2. The fourth-order valence-electron chi connectivity index (χ4n) is 2.88. The van der Waals surface area contributed by atoms with Crippen LogP contribution in [0.4, 0.5) is 87.8 Å². The first-order valence-corrected chi connectivity index (χ1v) is 8.23. The highest BCUT2D eigenvalue weighted by Gasteiger charge is 2.86. The van der Waals surface area contributed by atoms with E-state index >= 15 is 0 Å². The summed E-state index contributed by atoms with van der Waals surface area (Å²) in [5.41, 5.74) is -31.9. The molecule has 1 aromatic rings. The van der Waals surface area contributed by atoms with Crippen molar-refractivity contribution in [3.63, 3.8) is 0 Å². The lowest BCUT2D eigenvalue weighted by atomic mass is 9.77. The minimum atomic E-state index is -8.22. The van der Waals surface area contributed by atoms with Crippen molar-refractivity contribution in [1.29, 1.82) is 10.5 Å². The van der Waals surface area contributed by atoms with Crippen molar-refractivity contribution in [2.24, 2.45) is 0 Å². The van der Waals surface area contributed by atoms with E-state index in [0.29, 0.717) is 0 Å². The zero-order valence-corrected chi connectivity index (χ0v) is 16.5. The molecule has 2 unspecified atom stereocenters. The van der Waals surface area contributed by atoms with Gasteiger partial charge in [-0.2, -0.15) is 80.8 Å². The predicted octanol–water partition coefficient (Wildman–Crippen LogP) is 7.56. The van der Waals surface area contributed by atoms with Crippen LogP contribution >= 0.6 is 0 Å². The van der Waals surface area contributed by atoms with E-state index in [1.165, 1.54) is 0 Å². The smallest absolute Gasteiger partial charge is 0.221 e. The zero-order valence-electron chi connectivity index (χ0n) is 16.5. The van der Waals surface area contributed by atoms with Crippen molar-refractivity contribution in [1.82, 2.24) is 0 Å². The lowest BCUT2D eigenvalue weighted by Crippen LogP contribution is -2.62. The average molecular weight is 600 g/mol. The van der Waals surface area contributed by atoms with E-state index in [-0.39, 0.29) is 12.1 Å². The number of rotatable bonds is 4. The maximum Gasteiger partial charge on any atom is 0.457 e. The van der Waals surface area contributed by atoms with Crippen LogP contribution in [-0.4, -0.2) is 36.6 Å². The molecule has 214 valence electrons. The molecule has 0 aliphatic rings. The van der Waals surface area contributed by atoms with E-state index in [1.807, 2.05) is 0 Å². The van der Waals surface area contributed by atoms with Gasteiger partial charge in [0, 0.05) is 0 Å². The quantitative estimate of drug-likeness (QED) is 0.335.